The number of carbonyl (C=O) groups excluding carboxylic acids is 1. The fraction of sp³-hybridized carbons (Fsp3) is 0.700. The van der Waals surface area contributed by atoms with Gasteiger partial charge in [-0.3, -0.25) is 4.79 Å². The maximum atomic E-state index is 12.3. The molecule has 0 bridgehead atoms. The van der Waals surface area contributed by atoms with Crippen LogP contribution < -0.4 is 5.73 Å². The first kappa shape index (κ1) is 14.0. The van der Waals surface area contributed by atoms with E-state index in [4.69, 9.17) is 10.5 Å². The second-order valence-corrected chi connectivity index (χ2v) is 3.72. The summed E-state index contributed by atoms with van der Waals surface area (Å²) in [6.07, 6.45) is -4.24. The first-order valence-corrected chi connectivity index (χ1v) is 5.18. The molecule has 2 N–H and O–H groups in total. The van der Waals surface area contributed by atoms with Crippen molar-refractivity contribution in [2.24, 2.45) is 5.73 Å². The van der Waals surface area contributed by atoms with Crippen LogP contribution in [0.4, 0.5) is 13.2 Å². The number of hydrogen-bond acceptors (Lipinski definition) is 3. The van der Waals surface area contributed by atoms with Crippen molar-refractivity contribution in [2.45, 2.75) is 18.7 Å². The number of carbonyl (C=O) groups is 1. The number of nitrogens with two attached hydrogens (primary N) is 1. The minimum atomic E-state index is -4.30. The molecule has 0 radical (unpaired) electrons. The zero-order valence-corrected chi connectivity index (χ0v) is 9.46. The van der Waals surface area contributed by atoms with E-state index in [9.17, 15) is 18.0 Å². The monoisotopic (exact) mass is 252 g/mol. The van der Waals surface area contributed by atoms with Crippen LogP contribution in [-0.2, 0) is 9.53 Å². The molecule has 0 spiro atoms. The lowest BCUT2D eigenvalue weighted by atomic mass is 10.1. The third kappa shape index (κ3) is 3.44. The van der Waals surface area contributed by atoms with Crippen LogP contribution in [0.2, 0.25) is 0 Å². The summed E-state index contributed by atoms with van der Waals surface area (Å²) in [5.74, 6) is -0.368. The Bertz CT molecular complexity index is 311. The Labute approximate surface area is 97.2 Å². The molecule has 1 aliphatic rings. The highest BCUT2D eigenvalue weighted by Crippen LogP contribution is 2.30. The summed E-state index contributed by atoms with van der Waals surface area (Å²) in [4.78, 5) is 13.0. The van der Waals surface area contributed by atoms with Crippen LogP contribution in [0.3, 0.4) is 0 Å². The lowest BCUT2D eigenvalue weighted by Gasteiger charge is -2.29. The Balaban J connectivity index is 2.63. The van der Waals surface area contributed by atoms with Crippen LogP contribution >= 0.6 is 0 Å². The molecule has 1 rings (SSSR count). The minimum Gasteiger partial charge on any atom is -0.370 e. The van der Waals surface area contributed by atoms with Crippen molar-refractivity contribution in [3.63, 3.8) is 0 Å². The molecule has 1 amide bonds. The normalized spacial score (nSPS) is 18.9. The van der Waals surface area contributed by atoms with Crippen molar-refractivity contribution < 1.29 is 22.7 Å². The summed E-state index contributed by atoms with van der Waals surface area (Å²) >= 11 is 0. The summed E-state index contributed by atoms with van der Waals surface area (Å²) in [5.41, 5.74) is 4.74. The van der Waals surface area contributed by atoms with E-state index in [1.807, 2.05) is 0 Å². The molecule has 4 nitrogen and oxygen atoms in total. The molecular formula is C10H15F3N2O2. The third-order valence-corrected chi connectivity index (χ3v) is 2.66. The van der Waals surface area contributed by atoms with Crippen LogP contribution in [0.15, 0.2) is 11.6 Å². The van der Waals surface area contributed by atoms with Crippen LogP contribution in [0.1, 0.15) is 6.42 Å². The molecule has 1 heterocycles. The van der Waals surface area contributed by atoms with E-state index in [0.29, 0.717) is 0 Å². The van der Waals surface area contributed by atoms with Gasteiger partial charge >= 0.3 is 6.18 Å². The van der Waals surface area contributed by atoms with Gasteiger partial charge < -0.3 is 15.4 Å². The van der Waals surface area contributed by atoms with Gasteiger partial charge in [-0.1, -0.05) is 6.08 Å². The third-order valence-electron chi connectivity index (χ3n) is 2.66. The Morgan fingerprint density at radius 3 is 2.65 bits per heavy atom. The maximum absolute atomic E-state index is 12.3. The lowest BCUT2D eigenvalue weighted by molar-refractivity contribution is -0.142. The predicted molar refractivity (Wildman–Crippen MR) is 55.2 cm³/mol. The smallest absolute Gasteiger partial charge is 0.370 e. The number of alkyl halides is 3. The Kier molecular flexibility index (Phi) is 4.53. The number of methoxy groups -OCH3 is 1. The molecule has 0 saturated heterocycles. The van der Waals surface area contributed by atoms with Crippen LogP contribution in [-0.4, -0.2) is 49.8 Å². The second-order valence-electron chi connectivity index (χ2n) is 3.72. The van der Waals surface area contributed by atoms with E-state index < -0.39 is 17.9 Å². The van der Waals surface area contributed by atoms with Crippen LogP contribution in [0.5, 0.6) is 0 Å². The molecule has 0 aromatic carbocycles. The van der Waals surface area contributed by atoms with Gasteiger partial charge in [-0.2, -0.15) is 13.2 Å². The SMILES string of the molecule is COC(CN)C(=O)N1CC=C(C(F)(F)F)CC1. The zero-order valence-electron chi connectivity index (χ0n) is 9.46. The highest BCUT2D eigenvalue weighted by Gasteiger charge is 2.36. The highest BCUT2D eigenvalue weighted by molar-refractivity contribution is 5.81. The van der Waals surface area contributed by atoms with Gasteiger partial charge in [0.05, 0.1) is 0 Å². The Hall–Kier alpha value is -1.08. The van der Waals surface area contributed by atoms with Crippen molar-refractivity contribution in [1.29, 1.82) is 0 Å². The molecule has 7 heteroatoms. The fourth-order valence-electron chi connectivity index (χ4n) is 1.63. The van der Waals surface area contributed by atoms with Gasteiger partial charge in [0.15, 0.2) is 0 Å². The molecule has 1 unspecified atom stereocenters. The van der Waals surface area contributed by atoms with Gasteiger partial charge in [-0.15, -0.1) is 0 Å². The number of rotatable bonds is 3. The first-order chi connectivity index (χ1) is 7.90. The maximum Gasteiger partial charge on any atom is 0.412 e. The predicted octanol–water partition coefficient (Wildman–Crippen LogP) is 0.681. The van der Waals surface area contributed by atoms with Crippen LogP contribution in [0.25, 0.3) is 0 Å². The van der Waals surface area contributed by atoms with E-state index in [2.05, 4.69) is 0 Å². The van der Waals surface area contributed by atoms with Crippen LogP contribution in [0, 0.1) is 0 Å². The van der Waals surface area contributed by atoms with Gasteiger partial charge in [0.25, 0.3) is 5.91 Å². The fourth-order valence-corrected chi connectivity index (χ4v) is 1.63. The number of nitrogens with zero attached hydrogens (tertiary/aromatic N) is 1. The molecule has 1 aliphatic heterocycles. The van der Waals surface area contributed by atoms with E-state index in [-0.39, 0.29) is 32.0 Å². The molecule has 0 saturated carbocycles. The molecule has 0 aromatic rings. The quantitative estimate of drug-likeness (QED) is 0.751. The van der Waals surface area contributed by atoms with Gasteiger partial charge in [0.1, 0.15) is 6.10 Å². The molecule has 0 fully saturated rings. The van der Waals surface area contributed by atoms with Gasteiger partial charge in [0.2, 0.25) is 0 Å². The highest BCUT2D eigenvalue weighted by atomic mass is 19.4. The Morgan fingerprint density at radius 1 is 1.65 bits per heavy atom. The van der Waals surface area contributed by atoms with Crippen molar-refractivity contribution in [3.05, 3.63) is 11.6 Å². The molecular weight excluding hydrogens is 237 g/mol. The minimum absolute atomic E-state index is 0.0156. The molecule has 17 heavy (non-hydrogen) atoms. The molecule has 0 aromatic heterocycles. The first-order valence-electron chi connectivity index (χ1n) is 5.18. The summed E-state index contributed by atoms with van der Waals surface area (Å²) < 4.78 is 41.9. The Morgan fingerprint density at radius 2 is 2.29 bits per heavy atom. The molecule has 0 aliphatic carbocycles. The summed E-state index contributed by atoms with van der Waals surface area (Å²) in [5, 5.41) is 0. The molecule has 1 atom stereocenters. The number of ether oxygens (including phenoxy) is 1. The van der Waals surface area contributed by atoms with E-state index in [1.54, 1.807) is 0 Å². The number of hydrogen-bond donors (Lipinski definition) is 1. The van der Waals surface area contributed by atoms with E-state index >= 15 is 0 Å². The number of amides is 1. The second kappa shape index (κ2) is 5.50. The van der Waals surface area contributed by atoms with Crippen molar-refractivity contribution in [3.8, 4) is 0 Å². The lowest BCUT2D eigenvalue weighted by Crippen LogP contribution is -2.46. The average Bonchev–Trinajstić information content (AvgIpc) is 2.29. The summed E-state index contributed by atoms with van der Waals surface area (Å²) in [6.45, 7) is 0.0131. The van der Waals surface area contributed by atoms with E-state index in [1.165, 1.54) is 12.0 Å². The molecule has 98 valence electrons. The topological polar surface area (TPSA) is 55.6 Å². The summed E-state index contributed by atoms with van der Waals surface area (Å²) in [7, 11) is 1.34. The van der Waals surface area contributed by atoms with Gasteiger partial charge in [-0.25, -0.2) is 0 Å². The van der Waals surface area contributed by atoms with Crippen molar-refractivity contribution >= 4 is 5.91 Å². The van der Waals surface area contributed by atoms with Crippen molar-refractivity contribution in [2.75, 3.05) is 26.7 Å². The number of halogens is 3. The van der Waals surface area contributed by atoms with Crippen molar-refractivity contribution in [1.82, 2.24) is 4.90 Å². The van der Waals surface area contributed by atoms with E-state index in [0.717, 1.165) is 6.08 Å². The van der Waals surface area contributed by atoms with Gasteiger partial charge in [-0.05, 0) is 6.42 Å². The van der Waals surface area contributed by atoms with Gasteiger partial charge in [0, 0.05) is 32.3 Å². The largest absolute Gasteiger partial charge is 0.412 e. The average molecular weight is 252 g/mol. The summed E-state index contributed by atoms with van der Waals surface area (Å²) in [6, 6.07) is 0. The zero-order chi connectivity index (χ0) is 13.1. The standard InChI is InChI=1S/C10H15F3N2O2/c1-17-8(6-14)9(16)15-4-2-7(3-5-15)10(11,12)13/h2,8H,3-6,14H2,1H3.